The van der Waals surface area contributed by atoms with Gasteiger partial charge in [0, 0.05) is 0 Å². The molecule has 0 amide bonds. The zero-order valence-corrected chi connectivity index (χ0v) is 9.81. The smallest absolute Gasteiger partial charge is 0.271 e. The summed E-state index contributed by atoms with van der Waals surface area (Å²) in [5.74, 6) is 1.34. The van der Waals surface area contributed by atoms with Gasteiger partial charge in [-0.2, -0.15) is 26.3 Å². The molecule has 1 atom stereocenters. The summed E-state index contributed by atoms with van der Waals surface area (Å²) in [7, 11) is 0. The predicted octanol–water partition coefficient (Wildman–Crippen LogP) is 3.24. The van der Waals surface area contributed by atoms with E-state index in [1.54, 1.807) is 18.4 Å². The molecule has 0 saturated heterocycles. The Labute approximate surface area is 105 Å². The quantitative estimate of drug-likeness (QED) is 0.508. The van der Waals surface area contributed by atoms with Gasteiger partial charge in [-0.05, 0) is 12.5 Å². The molecule has 19 heavy (non-hydrogen) atoms. The summed E-state index contributed by atoms with van der Waals surface area (Å²) in [5.41, 5.74) is 2.00. The van der Waals surface area contributed by atoms with E-state index in [0.717, 1.165) is 0 Å². The number of alkyl halides is 6. The number of nitrogens with two attached hydrogens (primary N) is 1. The third kappa shape index (κ3) is 3.84. The Morgan fingerprint density at radius 3 is 1.95 bits per heavy atom. The van der Waals surface area contributed by atoms with Crippen molar-refractivity contribution in [3.05, 3.63) is 35.4 Å². The number of hydrogen-bond acceptors (Lipinski definition) is 2. The number of aryl methyl sites for hydroxylation is 1. The van der Waals surface area contributed by atoms with Crippen molar-refractivity contribution in [1.82, 2.24) is 5.43 Å². The molecule has 0 aliphatic heterocycles. The third-order valence-electron chi connectivity index (χ3n) is 2.62. The molecule has 2 nitrogen and oxygen atoms in total. The lowest BCUT2D eigenvalue weighted by atomic mass is 9.91. The molecule has 0 bridgehead atoms. The van der Waals surface area contributed by atoms with E-state index >= 15 is 0 Å². The molecule has 1 rings (SSSR count). The van der Waals surface area contributed by atoms with Crippen LogP contribution in [0.1, 0.15) is 17.2 Å². The van der Waals surface area contributed by atoms with Crippen molar-refractivity contribution < 1.29 is 26.3 Å². The van der Waals surface area contributed by atoms with E-state index < -0.39 is 24.3 Å². The first-order valence-electron chi connectivity index (χ1n) is 5.23. The molecular weight excluding hydrogens is 274 g/mol. The zero-order valence-electron chi connectivity index (χ0n) is 9.81. The first kappa shape index (κ1) is 15.8. The highest BCUT2D eigenvalue weighted by Crippen LogP contribution is 2.46. The van der Waals surface area contributed by atoms with Crippen molar-refractivity contribution in [2.75, 3.05) is 0 Å². The molecule has 1 unspecified atom stereocenters. The number of rotatable bonds is 3. The van der Waals surface area contributed by atoms with Crippen LogP contribution in [0.3, 0.4) is 0 Å². The molecule has 1 aromatic carbocycles. The highest BCUT2D eigenvalue weighted by Gasteiger charge is 2.60. The van der Waals surface area contributed by atoms with Crippen LogP contribution < -0.4 is 11.3 Å². The SMILES string of the molecule is Cc1cccc(C(NN)C(C(F)(F)F)C(F)(F)F)c1. The number of benzene rings is 1. The maximum atomic E-state index is 12.6. The summed E-state index contributed by atoms with van der Waals surface area (Å²) in [5, 5.41) is 0. The van der Waals surface area contributed by atoms with Crippen molar-refractivity contribution in [3.63, 3.8) is 0 Å². The lowest BCUT2D eigenvalue weighted by Crippen LogP contribution is -2.47. The topological polar surface area (TPSA) is 38.0 Å². The number of nitrogens with one attached hydrogen (secondary N) is 1. The van der Waals surface area contributed by atoms with Crippen molar-refractivity contribution in [3.8, 4) is 0 Å². The van der Waals surface area contributed by atoms with Gasteiger partial charge in [-0.1, -0.05) is 29.8 Å². The van der Waals surface area contributed by atoms with E-state index in [4.69, 9.17) is 5.84 Å². The normalized spacial score (nSPS) is 14.8. The van der Waals surface area contributed by atoms with Gasteiger partial charge in [-0.3, -0.25) is 11.3 Å². The van der Waals surface area contributed by atoms with E-state index in [1.165, 1.54) is 18.2 Å². The Morgan fingerprint density at radius 1 is 1.05 bits per heavy atom. The van der Waals surface area contributed by atoms with Gasteiger partial charge in [0.2, 0.25) is 0 Å². The van der Waals surface area contributed by atoms with E-state index in [0.29, 0.717) is 5.56 Å². The average molecular weight is 286 g/mol. The lowest BCUT2D eigenvalue weighted by molar-refractivity contribution is -0.292. The standard InChI is InChI=1S/C11H12F6N2/c1-6-3-2-4-7(5-6)8(19-18)9(10(12,13)14)11(15,16)17/h2-5,8-9,19H,18H2,1H3. The van der Waals surface area contributed by atoms with Gasteiger partial charge >= 0.3 is 12.4 Å². The Hall–Kier alpha value is -1.28. The molecule has 108 valence electrons. The van der Waals surface area contributed by atoms with Gasteiger partial charge in [-0.15, -0.1) is 0 Å². The Balaban J connectivity index is 3.25. The zero-order chi connectivity index (χ0) is 14.8. The summed E-state index contributed by atoms with van der Waals surface area (Å²) in [6.45, 7) is 1.56. The highest BCUT2D eigenvalue weighted by molar-refractivity contribution is 5.26. The summed E-state index contributed by atoms with van der Waals surface area (Å²) >= 11 is 0. The Kier molecular flexibility index (Phi) is 4.46. The molecule has 8 heteroatoms. The van der Waals surface area contributed by atoms with Crippen LogP contribution in [0.2, 0.25) is 0 Å². The fourth-order valence-corrected chi connectivity index (χ4v) is 1.81. The molecule has 0 spiro atoms. The molecule has 0 aromatic heterocycles. The van der Waals surface area contributed by atoms with Crippen LogP contribution in [0.5, 0.6) is 0 Å². The second-order valence-electron chi connectivity index (χ2n) is 4.12. The van der Waals surface area contributed by atoms with Gasteiger partial charge < -0.3 is 0 Å². The fraction of sp³-hybridized carbons (Fsp3) is 0.455. The van der Waals surface area contributed by atoms with Crippen molar-refractivity contribution in [1.29, 1.82) is 0 Å². The first-order valence-corrected chi connectivity index (χ1v) is 5.23. The van der Waals surface area contributed by atoms with Crippen LogP contribution in [0.4, 0.5) is 26.3 Å². The molecule has 0 heterocycles. The van der Waals surface area contributed by atoms with E-state index in [9.17, 15) is 26.3 Å². The second-order valence-corrected chi connectivity index (χ2v) is 4.12. The molecule has 0 saturated carbocycles. The molecule has 0 aliphatic carbocycles. The Bertz CT molecular complexity index is 412. The molecule has 0 aliphatic rings. The maximum Gasteiger partial charge on any atom is 0.402 e. The van der Waals surface area contributed by atoms with Gasteiger partial charge in [-0.25, -0.2) is 0 Å². The van der Waals surface area contributed by atoms with E-state index in [1.807, 2.05) is 0 Å². The second kappa shape index (κ2) is 5.38. The van der Waals surface area contributed by atoms with Crippen LogP contribution in [0.15, 0.2) is 24.3 Å². The minimum atomic E-state index is -5.45. The van der Waals surface area contributed by atoms with Gasteiger partial charge in [0.25, 0.3) is 0 Å². The van der Waals surface area contributed by atoms with Crippen LogP contribution in [0.25, 0.3) is 0 Å². The van der Waals surface area contributed by atoms with E-state index in [2.05, 4.69) is 0 Å². The first-order chi connectivity index (χ1) is 8.57. The van der Waals surface area contributed by atoms with E-state index in [-0.39, 0.29) is 5.56 Å². The number of halogens is 6. The monoisotopic (exact) mass is 286 g/mol. The predicted molar refractivity (Wildman–Crippen MR) is 56.8 cm³/mol. The largest absolute Gasteiger partial charge is 0.402 e. The fourth-order valence-electron chi connectivity index (χ4n) is 1.81. The van der Waals surface area contributed by atoms with Crippen LogP contribution >= 0.6 is 0 Å². The number of hydrazine groups is 1. The molecule has 1 aromatic rings. The van der Waals surface area contributed by atoms with Crippen molar-refractivity contribution in [2.45, 2.75) is 25.3 Å². The van der Waals surface area contributed by atoms with Gasteiger partial charge in [0.15, 0.2) is 5.92 Å². The average Bonchev–Trinajstić information content (AvgIpc) is 2.21. The summed E-state index contributed by atoms with van der Waals surface area (Å²) in [4.78, 5) is 0. The van der Waals surface area contributed by atoms with Crippen LogP contribution in [0, 0.1) is 12.8 Å². The van der Waals surface area contributed by atoms with Crippen molar-refractivity contribution >= 4 is 0 Å². The van der Waals surface area contributed by atoms with Crippen molar-refractivity contribution in [2.24, 2.45) is 11.8 Å². The molecular formula is C11H12F6N2. The maximum absolute atomic E-state index is 12.6. The molecule has 0 fully saturated rings. The Morgan fingerprint density at radius 2 is 1.58 bits per heavy atom. The minimum Gasteiger partial charge on any atom is -0.271 e. The highest BCUT2D eigenvalue weighted by atomic mass is 19.4. The summed E-state index contributed by atoms with van der Waals surface area (Å²) in [6.07, 6.45) is -10.9. The van der Waals surface area contributed by atoms with Crippen LogP contribution in [-0.2, 0) is 0 Å². The van der Waals surface area contributed by atoms with Gasteiger partial charge in [0.05, 0.1) is 6.04 Å². The van der Waals surface area contributed by atoms with Gasteiger partial charge in [0.1, 0.15) is 0 Å². The summed E-state index contributed by atoms with van der Waals surface area (Å²) in [6, 6.07) is 3.25. The molecule has 0 radical (unpaired) electrons. The lowest BCUT2D eigenvalue weighted by Gasteiger charge is -2.30. The van der Waals surface area contributed by atoms with Crippen LogP contribution in [-0.4, -0.2) is 12.4 Å². The number of hydrogen-bond donors (Lipinski definition) is 2. The third-order valence-corrected chi connectivity index (χ3v) is 2.62. The minimum absolute atomic E-state index is 0.165. The summed E-state index contributed by atoms with van der Waals surface area (Å²) < 4.78 is 75.7. The molecule has 3 N–H and O–H groups in total.